The molecule has 0 saturated carbocycles. The van der Waals surface area contributed by atoms with Crippen molar-refractivity contribution < 1.29 is 22.6 Å². The van der Waals surface area contributed by atoms with Crippen molar-refractivity contribution in [1.29, 1.82) is 0 Å². The number of nitro benzene ring substituents is 1. The molecule has 132 valence electrons. The number of nitro groups is 1. The van der Waals surface area contributed by atoms with Crippen LogP contribution in [0.25, 0.3) is 0 Å². The van der Waals surface area contributed by atoms with Gasteiger partial charge in [0.2, 0.25) is 14.9 Å². The molecule has 26 heavy (non-hydrogen) atoms. The predicted octanol–water partition coefficient (Wildman–Crippen LogP) is 2.67. The molecule has 0 atom stereocenters. The minimum absolute atomic E-state index is 0.194. The van der Waals surface area contributed by atoms with Crippen molar-refractivity contribution in [3.63, 3.8) is 0 Å². The van der Waals surface area contributed by atoms with Crippen LogP contribution in [0.3, 0.4) is 0 Å². The molecule has 0 saturated heterocycles. The Balaban J connectivity index is 1.82. The van der Waals surface area contributed by atoms with Gasteiger partial charge in [-0.3, -0.25) is 20.2 Å². The van der Waals surface area contributed by atoms with Gasteiger partial charge in [-0.15, -0.1) is 0 Å². The summed E-state index contributed by atoms with van der Waals surface area (Å²) in [5, 5.41) is 12.5. The summed E-state index contributed by atoms with van der Waals surface area (Å²) in [6.07, 6.45) is 0.956. The zero-order valence-corrected chi connectivity index (χ0v) is 13.8. The van der Waals surface area contributed by atoms with E-state index in [2.05, 4.69) is 10.3 Å². The SMILES string of the molecule is O=C(Nc1ncc(S(=O)(=O)c2ccc([N+](=O)[O-])cc2)o1)c1ccccc1. The molecule has 2 aromatic carbocycles. The molecule has 0 radical (unpaired) electrons. The Labute approximate surface area is 147 Å². The number of oxazole rings is 1. The number of hydrogen-bond acceptors (Lipinski definition) is 7. The Kier molecular flexibility index (Phi) is 4.50. The van der Waals surface area contributed by atoms with E-state index < -0.39 is 25.8 Å². The summed E-state index contributed by atoms with van der Waals surface area (Å²) in [6, 6.07) is 12.3. The van der Waals surface area contributed by atoms with E-state index in [0.29, 0.717) is 5.56 Å². The van der Waals surface area contributed by atoms with E-state index in [-0.39, 0.29) is 16.6 Å². The number of carbonyl (C=O) groups excluding carboxylic acids is 1. The van der Waals surface area contributed by atoms with Gasteiger partial charge in [-0.25, -0.2) is 13.4 Å². The molecule has 3 aromatic rings. The lowest BCUT2D eigenvalue weighted by molar-refractivity contribution is -0.384. The second kappa shape index (κ2) is 6.76. The van der Waals surface area contributed by atoms with Gasteiger partial charge in [-0.1, -0.05) is 18.2 Å². The summed E-state index contributed by atoms with van der Waals surface area (Å²) in [6.45, 7) is 0. The number of nitrogens with one attached hydrogen (secondary N) is 1. The highest BCUT2D eigenvalue weighted by Gasteiger charge is 2.24. The number of hydrogen-bond donors (Lipinski definition) is 1. The normalized spacial score (nSPS) is 11.1. The number of carbonyl (C=O) groups is 1. The molecule has 0 bridgehead atoms. The van der Waals surface area contributed by atoms with Gasteiger partial charge < -0.3 is 4.42 Å². The third-order valence-corrected chi connectivity index (χ3v) is 4.97. The third-order valence-electron chi connectivity index (χ3n) is 3.36. The summed E-state index contributed by atoms with van der Waals surface area (Å²) < 4.78 is 30.0. The molecule has 1 N–H and O–H groups in total. The van der Waals surface area contributed by atoms with Crippen LogP contribution in [-0.4, -0.2) is 24.2 Å². The topological polar surface area (TPSA) is 132 Å². The zero-order chi connectivity index (χ0) is 18.7. The Morgan fingerprint density at radius 3 is 2.35 bits per heavy atom. The fraction of sp³-hybridized carbons (Fsp3) is 0. The van der Waals surface area contributed by atoms with E-state index in [1.807, 2.05) is 0 Å². The Morgan fingerprint density at radius 1 is 1.08 bits per heavy atom. The number of aromatic nitrogens is 1. The maximum absolute atomic E-state index is 12.5. The molecule has 0 aliphatic heterocycles. The molecular weight excluding hydrogens is 362 g/mol. The van der Waals surface area contributed by atoms with Crippen LogP contribution in [0, 0.1) is 10.1 Å². The average Bonchev–Trinajstić information content (AvgIpc) is 3.12. The van der Waals surface area contributed by atoms with Gasteiger partial charge in [-0.05, 0) is 24.3 Å². The van der Waals surface area contributed by atoms with Gasteiger partial charge in [0.1, 0.15) is 0 Å². The summed E-state index contributed by atoms with van der Waals surface area (Å²) in [7, 11) is -4.06. The summed E-state index contributed by atoms with van der Waals surface area (Å²) >= 11 is 0. The average molecular weight is 373 g/mol. The molecule has 0 aliphatic carbocycles. The second-order valence-electron chi connectivity index (χ2n) is 5.06. The Hall–Kier alpha value is -3.53. The van der Waals surface area contributed by atoms with Crippen LogP contribution in [0.1, 0.15) is 10.4 Å². The molecule has 3 rings (SSSR count). The molecule has 0 spiro atoms. The van der Waals surface area contributed by atoms with Crippen LogP contribution in [0.2, 0.25) is 0 Å². The Bertz CT molecular complexity index is 1060. The monoisotopic (exact) mass is 373 g/mol. The molecule has 9 nitrogen and oxygen atoms in total. The molecule has 0 unspecified atom stereocenters. The van der Waals surface area contributed by atoms with Crippen molar-refractivity contribution in [2.75, 3.05) is 5.32 Å². The molecule has 0 aliphatic rings. The largest absolute Gasteiger partial charge is 0.411 e. The van der Waals surface area contributed by atoms with Gasteiger partial charge in [0, 0.05) is 17.7 Å². The van der Waals surface area contributed by atoms with Gasteiger partial charge in [0.15, 0.2) is 0 Å². The molecular formula is C16H11N3O6S. The van der Waals surface area contributed by atoms with Crippen molar-refractivity contribution in [2.45, 2.75) is 9.99 Å². The quantitative estimate of drug-likeness (QED) is 0.537. The first-order valence-electron chi connectivity index (χ1n) is 7.20. The fourth-order valence-corrected chi connectivity index (χ4v) is 3.17. The van der Waals surface area contributed by atoms with Crippen molar-refractivity contribution in [3.05, 3.63) is 76.5 Å². The van der Waals surface area contributed by atoms with E-state index in [4.69, 9.17) is 4.42 Å². The van der Waals surface area contributed by atoms with Crippen molar-refractivity contribution in [2.24, 2.45) is 0 Å². The standard InChI is InChI=1S/C16H11N3O6S/c20-15(11-4-2-1-3-5-11)18-16-17-10-14(25-16)26(23,24)13-8-6-12(7-9-13)19(21)22/h1-10H,(H,17,18,20). The van der Waals surface area contributed by atoms with Crippen molar-refractivity contribution in [3.8, 4) is 0 Å². The lowest BCUT2D eigenvalue weighted by Crippen LogP contribution is -2.11. The highest BCUT2D eigenvalue weighted by Crippen LogP contribution is 2.25. The minimum atomic E-state index is -4.06. The number of benzene rings is 2. The first kappa shape index (κ1) is 17.3. The van der Waals surface area contributed by atoms with Crippen molar-refractivity contribution in [1.82, 2.24) is 4.98 Å². The zero-order valence-electron chi connectivity index (χ0n) is 13.0. The second-order valence-corrected chi connectivity index (χ2v) is 6.94. The van der Waals surface area contributed by atoms with E-state index in [9.17, 15) is 23.3 Å². The Morgan fingerprint density at radius 2 is 1.73 bits per heavy atom. The van der Waals surface area contributed by atoms with Crippen LogP contribution >= 0.6 is 0 Å². The molecule has 0 fully saturated rings. The van der Waals surface area contributed by atoms with E-state index in [1.54, 1.807) is 30.3 Å². The van der Waals surface area contributed by atoms with Crippen molar-refractivity contribution >= 4 is 27.4 Å². The number of non-ortho nitro benzene ring substituents is 1. The fourth-order valence-electron chi connectivity index (χ4n) is 2.06. The first-order valence-corrected chi connectivity index (χ1v) is 8.68. The lowest BCUT2D eigenvalue weighted by atomic mass is 10.2. The van der Waals surface area contributed by atoms with E-state index in [0.717, 1.165) is 30.5 Å². The van der Waals surface area contributed by atoms with E-state index >= 15 is 0 Å². The number of nitrogens with zero attached hydrogens (tertiary/aromatic N) is 2. The predicted molar refractivity (Wildman–Crippen MR) is 89.4 cm³/mol. The number of amides is 1. The minimum Gasteiger partial charge on any atom is -0.411 e. The molecule has 1 amide bonds. The number of sulfone groups is 1. The smallest absolute Gasteiger partial charge is 0.302 e. The van der Waals surface area contributed by atoms with Gasteiger partial charge in [-0.2, -0.15) is 0 Å². The summed E-state index contributed by atoms with van der Waals surface area (Å²) in [5.41, 5.74) is 0.114. The number of anilines is 1. The van der Waals surface area contributed by atoms with E-state index in [1.165, 1.54) is 0 Å². The first-order chi connectivity index (χ1) is 12.4. The number of rotatable bonds is 5. The van der Waals surface area contributed by atoms with Gasteiger partial charge >= 0.3 is 6.01 Å². The maximum atomic E-state index is 12.5. The maximum Gasteiger partial charge on any atom is 0.302 e. The highest BCUT2D eigenvalue weighted by molar-refractivity contribution is 7.91. The molecule has 1 aromatic heterocycles. The summed E-state index contributed by atoms with van der Waals surface area (Å²) in [4.78, 5) is 25.6. The van der Waals surface area contributed by atoms with Crippen LogP contribution in [-0.2, 0) is 9.84 Å². The van der Waals surface area contributed by atoms with Crippen LogP contribution < -0.4 is 5.32 Å². The van der Waals surface area contributed by atoms with Gasteiger partial charge in [0.25, 0.3) is 11.6 Å². The van der Waals surface area contributed by atoms with Gasteiger partial charge in [0.05, 0.1) is 16.0 Å². The molecule has 10 heteroatoms. The molecule has 1 heterocycles. The summed E-state index contributed by atoms with van der Waals surface area (Å²) in [5.74, 6) is -0.508. The lowest BCUT2D eigenvalue weighted by Gasteiger charge is -2.01. The van der Waals surface area contributed by atoms with Crippen LogP contribution in [0.5, 0.6) is 0 Å². The highest BCUT2D eigenvalue weighted by atomic mass is 32.2. The van der Waals surface area contributed by atoms with Crippen LogP contribution in [0.15, 0.2) is 75.2 Å². The van der Waals surface area contributed by atoms with Crippen LogP contribution in [0.4, 0.5) is 11.7 Å². The third kappa shape index (κ3) is 3.44.